The van der Waals surface area contributed by atoms with E-state index in [1.165, 1.54) is 0 Å². The van der Waals surface area contributed by atoms with E-state index in [4.69, 9.17) is 17.0 Å². The summed E-state index contributed by atoms with van der Waals surface area (Å²) >= 11 is 8.74. The zero-order valence-electron chi connectivity index (χ0n) is 19.9. The number of piperazine rings is 1. The van der Waals surface area contributed by atoms with Crippen LogP contribution >= 0.6 is 28.1 Å². The normalized spacial score (nSPS) is 13.2. The summed E-state index contributed by atoms with van der Waals surface area (Å²) < 4.78 is 6.19. The molecule has 0 saturated carbocycles. The number of halogens is 1. The molecule has 36 heavy (non-hydrogen) atoms. The van der Waals surface area contributed by atoms with Gasteiger partial charge < -0.3 is 19.9 Å². The summed E-state index contributed by atoms with van der Waals surface area (Å²) in [5.41, 5.74) is 3.03. The van der Waals surface area contributed by atoms with Gasteiger partial charge in [0.2, 0.25) is 0 Å². The first-order valence-corrected chi connectivity index (χ1v) is 12.9. The number of carbonyl (C=O) groups is 2. The number of nitrogens with zero attached hydrogens (tertiary/aromatic N) is 2. The van der Waals surface area contributed by atoms with Crippen LogP contribution in [0.4, 0.5) is 11.4 Å². The van der Waals surface area contributed by atoms with Crippen molar-refractivity contribution < 1.29 is 14.3 Å². The summed E-state index contributed by atoms with van der Waals surface area (Å²) in [6, 6.07) is 22.4. The average molecular weight is 568 g/mol. The second-order valence-corrected chi connectivity index (χ2v) is 9.44. The Labute approximate surface area is 224 Å². The van der Waals surface area contributed by atoms with Gasteiger partial charge in [-0.2, -0.15) is 0 Å². The second kappa shape index (κ2) is 12.0. The molecule has 0 aromatic heterocycles. The van der Waals surface area contributed by atoms with E-state index in [2.05, 4.69) is 31.5 Å². The highest BCUT2D eigenvalue weighted by Crippen LogP contribution is 2.26. The number of ether oxygens (including phenoxy) is 1. The molecular formula is C27H27BrN4O3S. The summed E-state index contributed by atoms with van der Waals surface area (Å²) in [4.78, 5) is 29.4. The summed E-state index contributed by atoms with van der Waals surface area (Å²) in [5, 5.41) is 5.97. The maximum absolute atomic E-state index is 12.7. The summed E-state index contributed by atoms with van der Waals surface area (Å²) in [6.07, 6.45) is 0. The van der Waals surface area contributed by atoms with Gasteiger partial charge in [-0.25, -0.2) is 0 Å². The monoisotopic (exact) mass is 566 g/mol. The van der Waals surface area contributed by atoms with Crippen molar-refractivity contribution in [2.75, 3.05) is 43.0 Å². The van der Waals surface area contributed by atoms with Crippen LogP contribution in [0.1, 0.15) is 27.6 Å². The highest BCUT2D eigenvalue weighted by Gasteiger charge is 2.22. The number of rotatable bonds is 6. The Bertz CT molecular complexity index is 1230. The Balaban J connectivity index is 1.27. The molecule has 2 N–H and O–H groups in total. The van der Waals surface area contributed by atoms with Gasteiger partial charge in [-0.3, -0.25) is 14.9 Å². The quantitative estimate of drug-likeness (QED) is 0.412. The number of benzene rings is 3. The van der Waals surface area contributed by atoms with Crippen molar-refractivity contribution >= 4 is 56.4 Å². The SMILES string of the molecule is CCOc1ccc(C(=O)NC(=S)Nc2ccc(N3CCN(C(=O)c4ccccc4)CC3)cc2)cc1Br. The van der Waals surface area contributed by atoms with Gasteiger partial charge in [0.15, 0.2) is 5.11 Å². The Morgan fingerprint density at radius 3 is 2.28 bits per heavy atom. The summed E-state index contributed by atoms with van der Waals surface area (Å²) in [6.45, 7) is 5.31. The number of hydrogen-bond acceptors (Lipinski definition) is 5. The van der Waals surface area contributed by atoms with E-state index >= 15 is 0 Å². The summed E-state index contributed by atoms with van der Waals surface area (Å²) in [5.74, 6) is 0.442. The molecule has 1 aliphatic heterocycles. The van der Waals surface area contributed by atoms with E-state index in [0.717, 1.165) is 30.0 Å². The average Bonchev–Trinajstić information content (AvgIpc) is 2.90. The first-order valence-electron chi connectivity index (χ1n) is 11.7. The molecule has 3 aromatic carbocycles. The second-order valence-electron chi connectivity index (χ2n) is 8.18. The maximum atomic E-state index is 12.7. The van der Waals surface area contributed by atoms with E-state index in [1.54, 1.807) is 18.2 Å². The number of amides is 2. The van der Waals surface area contributed by atoms with Crippen LogP contribution in [0.3, 0.4) is 0 Å². The Hall–Kier alpha value is -3.43. The minimum absolute atomic E-state index is 0.0722. The molecule has 0 bridgehead atoms. The van der Waals surface area contributed by atoms with E-state index in [1.807, 2.05) is 66.4 Å². The van der Waals surface area contributed by atoms with Crippen molar-refractivity contribution in [3.05, 3.63) is 88.4 Å². The molecule has 2 amide bonds. The molecule has 1 aliphatic rings. The molecule has 0 radical (unpaired) electrons. The van der Waals surface area contributed by atoms with Crippen molar-refractivity contribution in [2.24, 2.45) is 0 Å². The molecule has 1 heterocycles. The molecule has 0 unspecified atom stereocenters. The van der Waals surface area contributed by atoms with E-state index in [-0.39, 0.29) is 16.9 Å². The van der Waals surface area contributed by atoms with Crippen LogP contribution in [0, 0.1) is 0 Å². The van der Waals surface area contributed by atoms with Gasteiger partial charge >= 0.3 is 0 Å². The van der Waals surface area contributed by atoms with Gasteiger partial charge in [-0.1, -0.05) is 18.2 Å². The third-order valence-electron chi connectivity index (χ3n) is 5.80. The minimum atomic E-state index is -0.309. The third kappa shape index (κ3) is 6.41. The fourth-order valence-corrected chi connectivity index (χ4v) is 4.64. The van der Waals surface area contributed by atoms with E-state index < -0.39 is 0 Å². The third-order valence-corrected chi connectivity index (χ3v) is 6.62. The number of thiocarbonyl (C=S) groups is 1. The lowest BCUT2D eigenvalue weighted by molar-refractivity contribution is 0.0746. The van der Waals surface area contributed by atoms with Gasteiger partial charge in [0.05, 0.1) is 11.1 Å². The molecule has 9 heteroatoms. The molecule has 186 valence electrons. The molecular weight excluding hydrogens is 540 g/mol. The predicted molar refractivity (Wildman–Crippen MR) is 150 cm³/mol. The van der Waals surface area contributed by atoms with Crippen LogP contribution in [0.15, 0.2) is 77.3 Å². The van der Waals surface area contributed by atoms with Crippen LogP contribution in [0.2, 0.25) is 0 Å². The molecule has 0 aliphatic carbocycles. The van der Waals surface area contributed by atoms with Crippen LogP contribution in [-0.4, -0.2) is 54.6 Å². The van der Waals surface area contributed by atoms with Crippen molar-refractivity contribution in [3.8, 4) is 5.75 Å². The van der Waals surface area contributed by atoms with Crippen LogP contribution < -0.4 is 20.3 Å². The molecule has 7 nitrogen and oxygen atoms in total. The standard InChI is InChI=1S/C27H27BrN4O3S/c1-2-35-24-13-8-20(18-23(24)28)25(33)30-27(36)29-21-9-11-22(12-10-21)31-14-16-32(17-15-31)26(34)19-6-4-3-5-7-19/h3-13,18H,2,14-17H2,1H3,(H2,29,30,33,36). The topological polar surface area (TPSA) is 73.9 Å². The van der Waals surface area contributed by atoms with Crippen LogP contribution in [-0.2, 0) is 0 Å². The van der Waals surface area contributed by atoms with Crippen molar-refractivity contribution in [3.63, 3.8) is 0 Å². The lowest BCUT2D eigenvalue weighted by Gasteiger charge is -2.36. The van der Waals surface area contributed by atoms with Gasteiger partial charge in [-0.05, 0) is 89.7 Å². The molecule has 0 spiro atoms. The first-order chi connectivity index (χ1) is 17.4. The Morgan fingerprint density at radius 2 is 1.64 bits per heavy atom. The van der Waals surface area contributed by atoms with Crippen molar-refractivity contribution in [1.82, 2.24) is 10.2 Å². The number of nitrogens with one attached hydrogen (secondary N) is 2. The number of anilines is 2. The zero-order valence-corrected chi connectivity index (χ0v) is 22.3. The molecule has 1 saturated heterocycles. The Kier molecular flexibility index (Phi) is 8.56. The van der Waals surface area contributed by atoms with Crippen LogP contribution in [0.5, 0.6) is 5.75 Å². The van der Waals surface area contributed by atoms with Crippen molar-refractivity contribution in [1.29, 1.82) is 0 Å². The summed E-state index contributed by atoms with van der Waals surface area (Å²) in [7, 11) is 0. The van der Waals surface area contributed by atoms with Crippen molar-refractivity contribution in [2.45, 2.75) is 6.92 Å². The fourth-order valence-electron chi connectivity index (χ4n) is 3.94. The molecule has 3 aromatic rings. The zero-order chi connectivity index (χ0) is 25.5. The van der Waals surface area contributed by atoms with E-state index in [0.29, 0.717) is 35.5 Å². The highest BCUT2D eigenvalue weighted by atomic mass is 79.9. The van der Waals surface area contributed by atoms with Gasteiger partial charge in [0.25, 0.3) is 11.8 Å². The lowest BCUT2D eigenvalue weighted by Crippen LogP contribution is -2.48. The Morgan fingerprint density at radius 1 is 0.944 bits per heavy atom. The largest absolute Gasteiger partial charge is 0.493 e. The van der Waals surface area contributed by atoms with Gasteiger partial charge in [-0.15, -0.1) is 0 Å². The minimum Gasteiger partial charge on any atom is -0.493 e. The molecule has 1 fully saturated rings. The molecule has 0 atom stereocenters. The van der Waals surface area contributed by atoms with Gasteiger partial charge in [0, 0.05) is 48.7 Å². The van der Waals surface area contributed by atoms with Gasteiger partial charge in [0.1, 0.15) is 5.75 Å². The fraction of sp³-hybridized carbons (Fsp3) is 0.222. The number of carbonyl (C=O) groups excluding carboxylic acids is 2. The predicted octanol–water partition coefficient (Wildman–Crippen LogP) is 4.94. The number of hydrogen-bond donors (Lipinski definition) is 2. The molecule has 4 rings (SSSR count). The lowest BCUT2D eigenvalue weighted by atomic mass is 10.1. The highest BCUT2D eigenvalue weighted by molar-refractivity contribution is 9.10. The maximum Gasteiger partial charge on any atom is 0.257 e. The smallest absolute Gasteiger partial charge is 0.257 e. The van der Waals surface area contributed by atoms with E-state index in [9.17, 15) is 9.59 Å². The first kappa shape index (κ1) is 25.7. The van der Waals surface area contributed by atoms with Crippen LogP contribution in [0.25, 0.3) is 0 Å².